The molecule has 2 nitrogen and oxygen atoms in total. The van der Waals surface area contributed by atoms with E-state index in [9.17, 15) is 0 Å². The fourth-order valence-electron chi connectivity index (χ4n) is 3.37. The van der Waals surface area contributed by atoms with Crippen LogP contribution in [0.5, 0.6) is 0 Å². The molecule has 0 amide bonds. The number of nitrogens with two attached hydrogens (primary N) is 1. The third-order valence-electron chi connectivity index (χ3n) is 5.25. The van der Waals surface area contributed by atoms with E-state index in [2.05, 4.69) is 39.8 Å². The molecule has 0 heterocycles. The molecule has 2 N–H and O–H groups in total. The zero-order valence-electron chi connectivity index (χ0n) is 10.2. The van der Waals surface area contributed by atoms with Gasteiger partial charge >= 0.3 is 0 Å². The van der Waals surface area contributed by atoms with Crippen molar-refractivity contribution in [1.82, 2.24) is 4.90 Å². The highest BCUT2D eigenvalue weighted by atomic mass is 15.2. The number of rotatable bonds is 1. The topological polar surface area (TPSA) is 29.3 Å². The van der Waals surface area contributed by atoms with E-state index in [1.54, 1.807) is 0 Å². The van der Waals surface area contributed by atoms with E-state index < -0.39 is 0 Å². The van der Waals surface area contributed by atoms with Gasteiger partial charge in [-0.15, -0.1) is 0 Å². The molecular weight excluding hydrogens is 172 g/mol. The van der Waals surface area contributed by atoms with Crippen molar-refractivity contribution in [2.45, 2.75) is 45.2 Å². The first-order valence-corrected chi connectivity index (χ1v) is 5.73. The summed E-state index contributed by atoms with van der Waals surface area (Å²) in [5.74, 6) is 1.81. The fraction of sp³-hybridized carbons (Fsp3) is 1.00. The van der Waals surface area contributed by atoms with Crippen LogP contribution in [0.2, 0.25) is 0 Å². The molecule has 0 radical (unpaired) electrons. The van der Waals surface area contributed by atoms with Crippen LogP contribution in [0, 0.1) is 17.3 Å². The molecule has 0 aromatic rings. The maximum Gasteiger partial charge on any atom is 0.0329 e. The number of hydrogen-bond acceptors (Lipinski definition) is 2. The van der Waals surface area contributed by atoms with E-state index in [1.807, 2.05) is 0 Å². The zero-order chi connectivity index (χ0) is 10.7. The zero-order valence-corrected chi connectivity index (χ0v) is 10.2. The molecule has 4 unspecified atom stereocenters. The van der Waals surface area contributed by atoms with E-state index in [-0.39, 0.29) is 5.54 Å². The Morgan fingerprint density at radius 1 is 1.14 bits per heavy atom. The molecule has 0 aliphatic heterocycles. The molecule has 82 valence electrons. The Balaban J connectivity index is 2.17. The van der Waals surface area contributed by atoms with Gasteiger partial charge in [-0.2, -0.15) is 0 Å². The molecule has 0 saturated heterocycles. The molecule has 2 aliphatic carbocycles. The number of nitrogens with zero attached hydrogens (tertiary/aromatic N) is 1. The Morgan fingerprint density at radius 2 is 1.71 bits per heavy atom. The normalized spacial score (nSPS) is 50.4. The van der Waals surface area contributed by atoms with Gasteiger partial charge in [0.25, 0.3) is 0 Å². The van der Waals surface area contributed by atoms with Gasteiger partial charge < -0.3 is 10.6 Å². The van der Waals surface area contributed by atoms with E-state index in [4.69, 9.17) is 5.73 Å². The number of hydrogen-bond donors (Lipinski definition) is 1. The summed E-state index contributed by atoms with van der Waals surface area (Å²) >= 11 is 0. The van der Waals surface area contributed by atoms with Crippen molar-refractivity contribution in [2.24, 2.45) is 23.0 Å². The van der Waals surface area contributed by atoms with E-state index in [1.165, 1.54) is 12.8 Å². The Morgan fingerprint density at radius 3 is 2.21 bits per heavy atom. The fourth-order valence-corrected chi connectivity index (χ4v) is 3.37. The average molecular weight is 196 g/mol. The van der Waals surface area contributed by atoms with Crippen molar-refractivity contribution in [3.8, 4) is 0 Å². The molecule has 2 aliphatic rings. The third kappa shape index (κ3) is 1.17. The Labute approximate surface area is 87.8 Å². The molecule has 0 aromatic carbocycles. The van der Waals surface area contributed by atoms with Gasteiger partial charge in [0, 0.05) is 11.6 Å². The average Bonchev–Trinajstić information content (AvgIpc) is 2.55. The Bertz CT molecular complexity index is 247. The smallest absolute Gasteiger partial charge is 0.0329 e. The van der Waals surface area contributed by atoms with Crippen LogP contribution in [0.3, 0.4) is 0 Å². The highest BCUT2D eigenvalue weighted by Crippen LogP contribution is 2.66. The second-order valence-corrected chi connectivity index (χ2v) is 6.33. The van der Waals surface area contributed by atoms with Crippen LogP contribution in [0.25, 0.3) is 0 Å². The summed E-state index contributed by atoms with van der Waals surface area (Å²) in [5.41, 5.74) is 7.09. The van der Waals surface area contributed by atoms with E-state index in [0.717, 1.165) is 11.8 Å². The second-order valence-electron chi connectivity index (χ2n) is 6.33. The van der Waals surface area contributed by atoms with Crippen LogP contribution >= 0.6 is 0 Å². The van der Waals surface area contributed by atoms with Gasteiger partial charge in [0.15, 0.2) is 0 Å². The van der Waals surface area contributed by atoms with Crippen molar-refractivity contribution in [1.29, 1.82) is 0 Å². The summed E-state index contributed by atoms with van der Waals surface area (Å²) in [5, 5.41) is 0. The summed E-state index contributed by atoms with van der Waals surface area (Å²) in [6.07, 6.45) is 2.49. The molecular formula is C12H24N2. The molecule has 0 spiro atoms. The lowest BCUT2D eigenvalue weighted by molar-refractivity contribution is 0.0908. The molecule has 2 heteroatoms. The maximum atomic E-state index is 6.31. The highest BCUT2D eigenvalue weighted by molar-refractivity contribution is 5.15. The molecule has 14 heavy (non-hydrogen) atoms. The van der Waals surface area contributed by atoms with Gasteiger partial charge in [0.1, 0.15) is 0 Å². The number of likely N-dealkylation sites (N-methyl/N-ethyl adjacent to an activating group) is 1. The highest BCUT2D eigenvalue weighted by Gasteiger charge is 2.63. The summed E-state index contributed by atoms with van der Waals surface area (Å²) in [6, 6.07) is 0.348. The van der Waals surface area contributed by atoms with Crippen molar-refractivity contribution in [3.05, 3.63) is 0 Å². The third-order valence-corrected chi connectivity index (χ3v) is 5.25. The van der Waals surface area contributed by atoms with Gasteiger partial charge in [-0.05, 0) is 51.1 Å². The van der Waals surface area contributed by atoms with Crippen LogP contribution < -0.4 is 5.73 Å². The SMILES string of the molecule is CN(C)C1(C)CC2C(CC1N)C2(C)C. The summed E-state index contributed by atoms with van der Waals surface area (Å²) in [4.78, 5) is 2.32. The molecule has 4 atom stereocenters. The van der Waals surface area contributed by atoms with Gasteiger partial charge in [0.2, 0.25) is 0 Å². The van der Waals surface area contributed by atoms with Crippen LogP contribution in [0.15, 0.2) is 0 Å². The number of fused-ring (bicyclic) bond motifs is 1. The van der Waals surface area contributed by atoms with E-state index >= 15 is 0 Å². The minimum atomic E-state index is 0.217. The lowest BCUT2D eigenvalue weighted by Gasteiger charge is -2.44. The minimum Gasteiger partial charge on any atom is -0.326 e. The Hall–Kier alpha value is -0.0800. The van der Waals surface area contributed by atoms with Crippen molar-refractivity contribution >= 4 is 0 Å². The lowest BCUT2D eigenvalue weighted by atomic mass is 9.78. The first kappa shape index (κ1) is 10.4. The minimum absolute atomic E-state index is 0.217. The van der Waals surface area contributed by atoms with Crippen molar-refractivity contribution < 1.29 is 0 Å². The first-order chi connectivity index (χ1) is 6.30. The molecule has 0 aromatic heterocycles. The largest absolute Gasteiger partial charge is 0.326 e. The molecule has 2 saturated carbocycles. The lowest BCUT2D eigenvalue weighted by Crippen LogP contribution is -2.57. The van der Waals surface area contributed by atoms with Gasteiger partial charge in [-0.1, -0.05) is 13.8 Å². The Kier molecular flexibility index (Phi) is 2.04. The van der Waals surface area contributed by atoms with Crippen LogP contribution in [-0.2, 0) is 0 Å². The predicted octanol–water partition coefficient (Wildman–Crippen LogP) is 1.70. The van der Waals surface area contributed by atoms with E-state index in [0.29, 0.717) is 11.5 Å². The quantitative estimate of drug-likeness (QED) is 0.691. The van der Waals surface area contributed by atoms with Gasteiger partial charge in [-0.3, -0.25) is 0 Å². The summed E-state index contributed by atoms with van der Waals surface area (Å²) < 4.78 is 0. The molecule has 2 rings (SSSR count). The van der Waals surface area contributed by atoms with Crippen molar-refractivity contribution in [3.63, 3.8) is 0 Å². The van der Waals surface area contributed by atoms with Gasteiger partial charge in [-0.25, -0.2) is 0 Å². The van der Waals surface area contributed by atoms with Crippen molar-refractivity contribution in [2.75, 3.05) is 14.1 Å². The molecule has 2 fully saturated rings. The van der Waals surface area contributed by atoms with Crippen LogP contribution in [0.1, 0.15) is 33.6 Å². The monoisotopic (exact) mass is 196 g/mol. The second kappa shape index (κ2) is 2.73. The van der Waals surface area contributed by atoms with Gasteiger partial charge in [0.05, 0.1) is 0 Å². The van der Waals surface area contributed by atoms with Crippen LogP contribution in [0.4, 0.5) is 0 Å². The first-order valence-electron chi connectivity index (χ1n) is 5.73. The standard InChI is InChI=1S/C12H24N2/c1-11(2)8-6-10(13)12(3,14(4)5)7-9(8)11/h8-10H,6-7,13H2,1-5H3. The summed E-state index contributed by atoms with van der Waals surface area (Å²) in [7, 11) is 4.32. The predicted molar refractivity (Wildman–Crippen MR) is 60.1 cm³/mol. The van der Waals surface area contributed by atoms with Crippen LogP contribution in [-0.4, -0.2) is 30.6 Å². The molecule has 0 bridgehead atoms. The maximum absolute atomic E-state index is 6.31. The summed E-state index contributed by atoms with van der Waals surface area (Å²) in [6.45, 7) is 7.12.